The summed E-state index contributed by atoms with van der Waals surface area (Å²) in [5.74, 6) is -1.93. The van der Waals surface area contributed by atoms with Gasteiger partial charge in [0.25, 0.3) is 0 Å². The van der Waals surface area contributed by atoms with Crippen LogP contribution in [0.3, 0.4) is 0 Å². The van der Waals surface area contributed by atoms with E-state index in [4.69, 9.17) is 16.7 Å². The molecular weight excluding hydrogens is 228 g/mol. The van der Waals surface area contributed by atoms with Gasteiger partial charge in [-0.05, 0) is 23.6 Å². The Hall–Kier alpha value is -1.06. The van der Waals surface area contributed by atoms with Crippen LogP contribution < -0.4 is 0 Å². The van der Waals surface area contributed by atoms with Crippen molar-refractivity contribution in [2.75, 3.05) is 0 Å². The molecule has 0 aromatic heterocycles. The third-order valence-electron chi connectivity index (χ3n) is 2.56. The van der Waals surface area contributed by atoms with Crippen LogP contribution >= 0.6 is 11.6 Å². The van der Waals surface area contributed by atoms with Crippen LogP contribution in [0.25, 0.3) is 0 Å². The van der Waals surface area contributed by atoms with Gasteiger partial charge in [-0.1, -0.05) is 37.6 Å². The lowest BCUT2D eigenvalue weighted by molar-refractivity contribution is -0.148. The number of carboxylic acids is 1. The maximum atomic E-state index is 11.0. The third kappa shape index (κ3) is 2.97. The molecule has 88 valence electrons. The van der Waals surface area contributed by atoms with Crippen molar-refractivity contribution >= 4 is 17.6 Å². The Morgan fingerprint density at radius 1 is 1.25 bits per heavy atom. The molecule has 1 aromatic rings. The summed E-state index contributed by atoms with van der Waals surface area (Å²) in [6.45, 7) is 3.55. The van der Waals surface area contributed by atoms with E-state index in [2.05, 4.69) is 0 Å². The van der Waals surface area contributed by atoms with E-state index in [9.17, 15) is 9.90 Å². The average molecular weight is 243 g/mol. The van der Waals surface area contributed by atoms with Gasteiger partial charge in [0.05, 0.1) is 12.0 Å². The molecule has 4 heteroatoms. The lowest BCUT2D eigenvalue weighted by Gasteiger charge is -2.22. The second kappa shape index (κ2) is 5.32. The first kappa shape index (κ1) is 13.0. The van der Waals surface area contributed by atoms with Crippen LogP contribution in [0, 0.1) is 11.8 Å². The molecule has 1 aromatic carbocycles. The topological polar surface area (TPSA) is 57.5 Å². The largest absolute Gasteiger partial charge is 0.481 e. The fourth-order valence-corrected chi connectivity index (χ4v) is 1.78. The second-order valence-electron chi connectivity index (χ2n) is 4.10. The maximum Gasteiger partial charge on any atom is 0.309 e. The average Bonchev–Trinajstić information content (AvgIpc) is 2.17. The number of aliphatic hydroxyl groups is 1. The molecule has 0 spiro atoms. The van der Waals surface area contributed by atoms with Crippen LogP contribution in [0.4, 0.5) is 0 Å². The van der Waals surface area contributed by atoms with E-state index >= 15 is 0 Å². The zero-order valence-electron chi connectivity index (χ0n) is 9.22. The van der Waals surface area contributed by atoms with Crippen molar-refractivity contribution in [3.8, 4) is 0 Å². The van der Waals surface area contributed by atoms with Crippen LogP contribution in [0.1, 0.15) is 25.5 Å². The minimum Gasteiger partial charge on any atom is -0.481 e. The standard InChI is InChI=1S/C12H15ClO3/c1-7(2)10(12(15)16)11(14)8-3-5-9(13)6-4-8/h3-7,10-11,14H,1-2H3,(H,15,16). The first-order chi connectivity index (χ1) is 7.43. The van der Waals surface area contributed by atoms with Gasteiger partial charge in [0.1, 0.15) is 0 Å². The Morgan fingerprint density at radius 3 is 2.12 bits per heavy atom. The highest BCUT2D eigenvalue weighted by Gasteiger charge is 2.30. The Balaban J connectivity index is 2.94. The molecule has 0 aliphatic heterocycles. The van der Waals surface area contributed by atoms with Crippen LogP contribution in [-0.4, -0.2) is 16.2 Å². The number of hydrogen-bond donors (Lipinski definition) is 2. The summed E-state index contributed by atoms with van der Waals surface area (Å²) in [6.07, 6.45) is -1.00. The summed E-state index contributed by atoms with van der Waals surface area (Å²) in [4.78, 5) is 11.0. The molecule has 16 heavy (non-hydrogen) atoms. The predicted octanol–water partition coefficient (Wildman–Crippen LogP) is 2.73. The number of aliphatic carboxylic acids is 1. The zero-order valence-corrected chi connectivity index (χ0v) is 9.98. The molecule has 0 saturated carbocycles. The summed E-state index contributed by atoms with van der Waals surface area (Å²) in [5.41, 5.74) is 0.575. The van der Waals surface area contributed by atoms with Crippen molar-refractivity contribution < 1.29 is 15.0 Å². The Labute approximate surface area is 99.7 Å². The molecule has 0 bridgehead atoms. The van der Waals surface area contributed by atoms with E-state index < -0.39 is 18.0 Å². The van der Waals surface area contributed by atoms with Crippen molar-refractivity contribution in [2.45, 2.75) is 20.0 Å². The number of carboxylic acid groups (broad SMARTS) is 1. The van der Waals surface area contributed by atoms with Gasteiger partial charge in [-0.15, -0.1) is 0 Å². The quantitative estimate of drug-likeness (QED) is 0.854. The molecule has 0 heterocycles. The monoisotopic (exact) mass is 242 g/mol. The number of carbonyl (C=O) groups is 1. The molecule has 0 amide bonds. The van der Waals surface area contributed by atoms with E-state index in [1.807, 2.05) is 0 Å². The van der Waals surface area contributed by atoms with Gasteiger partial charge in [0, 0.05) is 5.02 Å². The Bertz CT molecular complexity index is 359. The van der Waals surface area contributed by atoms with E-state index in [-0.39, 0.29) is 5.92 Å². The highest BCUT2D eigenvalue weighted by atomic mass is 35.5. The van der Waals surface area contributed by atoms with Crippen molar-refractivity contribution in [1.29, 1.82) is 0 Å². The third-order valence-corrected chi connectivity index (χ3v) is 2.81. The first-order valence-electron chi connectivity index (χ1n) is 5.09. The number of halogens is 1. The fraction of sp³-hybridized carbons (Fsp3) is 0.417. The highest BCUT2D eigenvalue weighted by Crippen LogP contribution is 2.28. The molecule has 2 atom stereocenters. The summed E-state index contributed by atoms with van der Waals surface area (Å²) >= 11 is 5.72. The molecule has 0 radical (unpaired) electrons. The molecule has 2 N–H and O–H groups in total. The summed E-state index contributed by atoms with van der Waals surface area (Å²) in [7, 11) is 0. The lowest BCUT2D eigenvalue weighted by atomic mass is 9.87. The number of rotatable bonds is 4. The first-order valence-corrected chi connectivity index (χ1v) is 5.47. The molecule has 0 aliphatic rings. The number of aliphatic hydroxyl groups excluding tert-OH is 1. The molecule has 3 nitrogen and oxygen atoms in total. The molecule has 2 unspecified atom stereocenters. The van der Waals surface area contributed by atoms with Crippen LogP contribution in [0.5, 0.6) is 0 Å². The van der Waals surface area contributed by atoms with Gasteiger partial charge in [-0.2, -0.15) is 0 Å². The smallest absolute Gasteiger partial charge is 0.309 e. The van der Waals surface area contributed by atoms with Crippen molar-refractivity contribution in [2.24, 2.45) is 11.8 Å². The minimum absolute atomic E-state index is 0.136. The number of hydrogen-bond acceptors (Lipinski definition) is 2. The maximum absolute atomic E-state index is 11.0. The Morgan fingerprint density at radius 2 is 1.75 bits per heavy atom. The van der Waals surface area contributed by atoms with Gasteiger partial charge >= 0.3 is 5.97 Å². The van der Waals surface area contributed by atoms with E-state index in [0.29, 0.717) is 10.6 Å². The van der Waals surface area contributed by atoms with Crippen LogP contribution in [0.15, 0.2) is 24.3 Å². The minimum atomic E-state index is -1.00. The summed E-state index contributed by atoms with van der Waals surface area (Å²) in [6, 6.07) is 6.56. The van der Waals surface area contributed by atoms with Crippen molar-refractivity contribution in [3.05, 3.63) is 34.9 Å². The van der Waals surface area contributed by atoms with Crippen molar-refractivity contribution in [3.63, 3.8) is 0 Å². The molecule has 0 fully saturated rings. The lowest BCUT2D eigenvalue weighted by Crippen LogP contribution is -2.26. The van der Waals surface area contributed by atoms with Gasteiger partial charge in [0.15, 0.2) is 0 Å². The van der Waals surface area contributed by atoms with Gasteiger partial charge in [0.2, 0.25) is 0 Å². The molecule has 1 rings (SSSR count). The fourth-order valence-electron chi connectivity index (χ4n) is 1.65. The van der Waals surface area contributed by atoms with Crippen LogP contribution in [0.2, 0.25) is 5.02 Å². The van der Waals surface area contributed by atoms with E-state index in [1.165, 1.54) is 0 Å². The highest BCUT2D eigenvalue weighted by molar-refractivity contribution is 6.30. The second-order valence-corrected chi connectivity index (χ2v) is 4.54. The normalized spacial score (nSPS) is 14.8. The van der Waals surface area contributed by atoms with Crippen LogP contribution in [-0.2, 0) is 4.79 Å². The molecule has 0 saturated heterocycles. The van der Waals surface area contributed by atoms with Crippen molar-refractivity contribution in [1.82, 2.24) is 0 Å². The number of benzene rings is 1. The molecular formula is C12H15ClO3. The summed E-state index contributed by atoms with van der Waals surface area (Å²) < 4.78 is 0. The van der Waals surface area contributed by atoms with Gasteiger partial charge in [-0.3, -0.25) is 4.79 Å². The van der Waals surface area contributed by atoms with E-state index in [0.717, 1.165) is 0 Å². The summed E-state index contributed by atoms with van der Waals surface area (Å²) in [5, 5.41) is 19.6. The van der Waals surface area contributed by atoms with E-state index in [1.54, 1.807) is 38.1 Å². The molecule has 0 aliphatic carbocycles. The zero-order chi connectivity index (χ0) is 12.3. The van der Waals surface area contributed by atoms with Gasteiger partial charge in [-0.25, -0.2) is 0 Å². The Kier molecular flexibility index (Phi) is 4.33. The SMILES string of the molecule is CC(C)C(C(=O)O)C(O)c1ccc(Cl)cc1. The van der Waals surface area contributed by atoms with Gasteiger partial charge < -0.3 is 10.2 Å². The predicted molar refractivity (Wildman–Crippen MR) is 62.4 cm³/mol.